The smallest absolute Gasteiger partial charge is 0.216 e. The van der Waals surface area contributed by atoms with Crippen LogP contribution < -0.4 is 4.74 Å². The van der Waals surface area contributed by atoms with Gasteiger partial charge in [0.05, 0.1) is 6.61 Å². The fraction of sp³-hybridized carbons (Fsp3) is 0.222. The number of carbonyl (C=O) groups excluding carboxylic acids is 1. The minimum absolute atomic E-state index is 0.342. The average molecular weight is 164 g/mol. The number of aromatic nitrogens is 1. The van der Waals surface area contributed by atoms with Gasteiger partial charge in [-0.05, 0) is 19.9 Å². The summed E-state index contributed by atoms with van der Waals surface area (Å²) in [5.41, 5.74) is 1.41. The van der Waals surface area contributed by atoms with Gasteiger partial charge in [-0.3, -0.25) is 4.79 Å². The van der Waals surface area contributed by atoms with Crippen molar-refractivity contribution in [2.24, 2.45) is 0 Å². The lowest BCUT2D eigenvalue weighted by molar-refractivity contribution is 0.112. The van der Waals surface area contributed by atoms with Crippen LogP contribution in [0.1, 0.15) is 15.9 Å². The first kappa shape index (κ1) is 8.71. The van der Waals surface area contributed by atoms with Crippen molar-refractivity contribution in [2.75, 3.05) is 6.61 Å². The predicted molar refractivity (Wildman–Crippen MR) is 45.2 cm³/mol. The molecule has 0 aliphatic carbocycles. The largest absolute Gasteiger partial charge is 0.477 e. The molecule has 1 radical (unpaired) electrons. The van der Waals surface area contributed by atoms with Gasteiger partial charge in [0.15, 0.2) is 6.29 Å². The lowest BCUT2D eigenvalue weighted by Crippen LogP contribution is -1.97. The molecule has 1 aromatic rings. The maximum absolute atomic E-state index is 10.3. The van der Waals surface area contributed by atoms with E-state index in [0.717, 1.165) is 11.8 Å². The molecule has 3 heteroatoms. The standard InChI is InChI=1S/C9H10NO2/c1-3-12-9-7(2)4-8(6-11)5-10-9/h4-6H,1,3H2,2H3. The van der Waals surface area contributed by atoms with Gasteiger partial charge >= 0.3 is 0 Å². The second-order valence-electron chi connectivity index (χ2n) is 2.36. The van der Waals surface area contributed by atoms with Gasteiger partial charge in [-0.1, -0.05) is 0 Å². The van der Waals surface area contributed by atoms with Crippen molar-refractivity contribution in [1.29, 1.82) is 0 Å². The van der Waals surface area contributed by atoms with Crippen LogP contribution in [-0.2, 0) is 0 Å². The average Bonchev–Trinajstić information content (AvgIpc) is 2.09. The Bertz CT molecular complexity index is 284. The van der Waals surface area contributed by atoms with Crippen LogP contribution in [-0.4, -0.2) is 17.9 Å². The highest BCUT2D eigenvalue weighted by Gasteiger charge is 2.00. The maximum Gasteiger partial charge on any atom is 0.216 e. The number of pyridine rings is 1. The van der Waals surface area contributed by atoms with Gasteiger partial charge in [-0.15, -0.1) is 0 Å². The monoisotopic (exact) mass is 164 g/mol. The highest BCUT2D eigenvalue weighted by atomic mass is 16.5. The Morgan fingerprint density at radius 2 is 2.50 bits per heavy atom. The van der Waals surface area contributed by atoms with Crippen LogP contribution in [0.15, 0.2) is 12.3 Å². The molecule has 1 heterocycles. The molecule has 0 aliphatic heterocycles. The number of carbonyl (C=O) groups is 1. The zero-order valence-electron chi connectivity index (χ0n) is 6.91. The van der Waals surface area contributed by atoms with Crippen molar-refractivity contribution in [3.8, 4) is 5.88 Å². The molecule has 0 fully saturated rings. The van der Waals surface area contributed by atoms with E-state index in [4.69, 9.17) is 4.74 Å². The third-order valence-electron chi connectivity index (χ3n) is 1.43. The Labute approximate surface area is 71.4 Å². The molecule has 1 aromatic heterocycles. The summed E-state index contributed by atoms with van der Waals surface area (Å²) in [5.74, 6) is 0.538. The third kappa shape index (κ3) is 1.81. The highest BCUT2D eigenvalue weighted by molar-refractivity contribution is 5.74. The first-order valence-electron chi connectivity index (χ1n) is 3.62. The molecule has 3 nitrogen and oxygen atoms in total. The predicted octanol–water partition coefficient (Wildman–Crippen LogP) is 1.42. The first-order chi connectivity index (χ1) is 5.77. The lowest BCUT2D eigenvalue weighted by Gasteiger charge is -2.04. The van der Waals surface area contributed by atoms with E-state index in [-0.39, 0.29) is 0 Å². The molecule has 12 heavy (non-hydrogen) atoms. The minimum atomic E-state index is 0.342. The SMILES string of the molecule is [CH2]COc1ncc(C=O)cc1C. The Kier molecular flexibility index (Phi) is 2.80. The number of aldehydes is 1. The van der Waals surface area contributed by atoms with Crippen LogP contribution in [0.25, 0.3) is 0 Å². The molecular weight excluding hydrogens is 154 g/mol. The number of hydrogen-bond donors (Lipinski definition) is 0. The summed E-state index contributed by atoms with van der Waals surface area (Å²) in [6.45, 7) is 5.71. The van der Waals surface area contributed by atoms with E-state index < -0.39 is 0 Å². The van der Waals surface area contributed by atoms with Crippen molar-refractivity contribution in [3.05, 3.63) is 30.3 Å². The molecule has 0 aromatic carbocycles. The van der Waals surface area contributed by atoms with E-state index in [2.05, 4.69) is 11.9 Å². The van der Waals surface area contributed by atoms with E-state index in [9.17, 15) is 4.79 Å². The van der Waals surface area contributed by atoms with Crippen LogP contribution in [0.3, 0.4) is 0 Å². The Morgan fingerprint density at radius 1 is 1.75 bits per heavy atom. The summed E-state index contributed by atoms with van der Waals surface area (Å²) in [6.07, 6.45) is 2.24. The Morgan fingerprint density at radius 3 is 3.00 bits per heavy atom. The molecule has 0 atom stereocenters. The quantitative estimate of drug-likeness (QED) is 0.634. The van der Waals surface area contributed by atoms with E-state index >= 15 is 0 Å². The first-order valence-corrected chi connectivity index (χ1v) is 3.62. The molecule has 0 saturated heterocycles. The van der Waals surface area contributed by atoms with Crippen LogP contribution >= 0.6 is 0 Å². The molecule has 0 spiro atoms. The normalized spacial score (nSPS) is 9.50. The van der Waals surface area contributed by atoms with Crippen molar-refractivity contribution >= 4 is 6.29 Å². The highest BCUT2D eigenvalue weighted by Crippen LogP contribution is 2.13. The summed E-state index contributed by atoms with van der Waals surface area (Å²) >= 11 is 0. The number of nitrogens with zero attached hydrogens (tertiary/aromatic N) is 1. The summed E-state index contributed by atoms with van der Waals surface area (Å²) in [5, 5.41) is 0. The molecule has 63 valence electrons. The minimum Gasteiger partial charge on any atom is -0.477 e. The molecule has 0 amide bonds. The van der Waals surface area contributed by atoms with Gasteiger partial charge in [-0.2, -0.15) is 0 Å². The van der Waals surface area contributed by atoms with Crippen LogP contribution in [0.5, 0.6) is 5.88 Å². The zero-order chi connectivity index (χ0) is 8.97. The van der Waals surface area contributed by atoms with Crippen molar-refractivity contribution in [1.82, 2.24) is 4.98 Å². The van der Waals surface area contributed by atoms with Gasteiger partial charge in [0.1, 0.15) is 0 Å². The van der Waals surface area contributed by atoms with Crippen LogP contribution in [0, 0.1) is 13.8 Å². The summed E-state index contributed by atoms with van der Waals surface area (Å²) < 4.78 is 5.10. The van der Waals surface area contributed by atoms with Gasteiger partial charge in [0, 0.05) is 17.3 Å². The van der Waals surface area contributed by atoms with Gasteiger partial charge < -0.3 is 4.74 Å². The van der Waals surface area contributed by atoms with Crippen LogP contribution in [0.2, 0.25) is 0 Å². The maximum atomic E-state index is 10.3. The van der Waals surface area contributed by atoms with Gasteiger partial charge in [0.2, 0.25) is 5.88 Å². The van der Waals surface area contributed by atoms with Crippen molar-refractivity contribution in [3.63, 3.8) is 0 Å². The fourth-order valence-corrected chi connectivity index (χ4v) is 0.896. The van der Waals surface area contributed by atoms with Crippen molar-refractivity contribution < 1.29 is 9.53 Å². The van der Waals surface area contributed by atoms with Gasteiger partial charge in [-0.25, -0.2) is 4.98 Å². The molecule has 0 aliphatic rings. The second-order valence-corrected chi connectivity index (χ2v) is 2.36. The molecule has 1 rings (SSSR count). The van der Waals surface area contributed by atoms with E-state index in [0.29, 0.717) is 18.1 Å². The summed E-state index contributed by atoms with van der Waals surface area (Å²) in [6, 6.07) is 1.73. The fourth-order valence-electron chi connectivity index (χ4n) is 0.896. The zero-order valence-corrected chi connectivity index (χ0v) is 6.91. The Balaban J connectivity index is 2.94. The third-order valence-corrected chi connectivity index (χ3v) is 1.43. The molecular formula is C9H10NO2. The molecule has 0 unspecified atom stereocenters. The number of ether oxygens (including phenoxy) is 1. The van der Waals surface area contributed by atoms with E-state index in [1.807, 2.05) is 6.92 Å². The number of hydrogen-bond acceptors (Lipinski definition) is 3. The molecule has 0 bridgehead atoms. The topological polar surface area (TPSA) is 39.2 Å². The summed E-state index contributed by atoms with van der Waals surface area (Å²) in [4.78, 5) is 14.3. The second kappa shape index (κ2) is 3.85. The Hall–Kier alpha value is -1.38. The van der Waals surface area contributed by atoms with E-state index in [1.165, 1.54) is 6.20 Å². The number of rotatable bonds is 3. The van der Waals surface area contributed by atoms with Crippen LogP contribution in [0.4, 0.5) is 0 Å². The molecule has 0 saturated carbocycles. The van der Waals surface area contributed by atoms with Crippen molar-refractivity contribution in [2.45, 2.75) is 6.92 Å². The lowest BCUT2D eigenvalue weighted by atomic mass is 10.2. The number of aryl methyl sites for hydroxylation is 1. The van der Waals surface area contributed by atoms with E-state index in [1.54, 1.807) is 6.07 Å². The molecule has 0 N–H and O–H groups in total. The van der Waals surface area contributed by atoms with Gasteiger partial charge in [0.25, 0.3) is 0 Å². The summed E-state index contributed by atoms with van der Waals surface area (Å²) in [7, 11) is 0.